The Morgan fingerprint density at radius 3 is 2.58 bits per heavy atom. The van der Waals surface area contributed by atoms with Crippen molar-refractivity contribution in [1.82, 2.24) is 19.8 Å². The number of anilines is 1. The molecule has 0 spiro atoms. The Hall–Kier alpha value is -1.24. The number of hydrogen-bond acceptors (Lipinski definition) is 6. The zero-order valence-corrected chi connectivity index (χ0v) is 17.4. The summed E-state index contributed by atoms with van der Waals surface area (Å²) in [6.07, 6.45) is 5.13. The van der Waals surface area contributed by atoms with E-state index in [0.717, 1.165) is 25.5 Å². The lowest BCUT2D eigenvalue weighted by Crippen LogP contribution is -2.45. The molecular weight excluding hydrogens is 342 g/mol. The van der Waals surface area contributed by atoms with E-state index in [9.17, 15) is 0 Å². The van der Waals surface area contributed by atoms with Crippen LogP contribution in [0.15, 0.2) is 0 Å². The number of nitrogens with zero attached hydrogens (tertiary/aromatic N) is 5. The normalized spacial score (nSPS) is 22.0. The Morgan fingerprint density at radius 1 is 1.08 bits per heavy atom. The second-order valence-corrected chi connectivity index (χ2v) is 9.32. The molecule has 1 unspecified atom stereocenters. The van der Waals surface area contributed by atoms with E-state index in [1.807, 2.05) is 11.3 Å². The minimum atomic E-state index is 0.607. The number of thiophene rings is 1. The molecule has 26 heavy (non-hydrogen) atoms. The van der Waals surface area contributed by atoms with Crippen molar-refractivity contribution in [2.75, 3.05) is 45.2 Å². The van der Waals surface area contributed by atoms with Crippen LogP contribution in [-0.4, -0.2) is 66.1 Å². The highest BCUT2D eigenvalue weighted by Crippen LogP contribution is 2.36. The van der Waals surface area contributed by atoms with E-state index in [0.29, 0.717) is 6.04 Å². The van der Waals surface area contributed by atoms with Crippen molar-refractivity contribution in [3.63, 3.8) is 0 Å². The van der Waals surface area contributed by atoms with E-state index < -0.39 is 0 Å². The van der Waals surface area contributed by atoms with Crippen molar-refractivity contribution in [2.24, 2.45) is 0 Å². The first kappa shape index (κ1) is 18.1. The molecule has 4 rings (SSSR count). The largest absolute Gasteiger partial charge is 0.354 e. The number of likely N-dealkylation sites (tertiary alicyclic amines) is 1. The van der Waals surface area contributed by atoms with Gasteiger partial charge in [-0.05, 0) is 72.3 Å². The van der Waals surface area contributed by atoms with Crippen molar-refractivity contribution in [3.8, 4) is 0 Å². The molecule has 2 aromatic rings. The Kier molecular flexibility index (Phi) is 5.17. The number of hydrogen-bond donors (Lipinski definition) is 0. The van der Waals surface area contributed by atoms with Crippen molar-refractivity contribution in [1.29, 1.82) is 0 Å². The predicted octanol–water partition coefficient (Wildman–Crippen LogP) is 3.43. The molecule has 0 N–H and O–H groups in total. The van der Waals surface area contributed by atoms with Crippen LogP contribution in [-0.2, 0) is 6.54 Å². The van der Waals surface area contributed by atoms with E-state index in [1.165, 1.54) is 65.2 Å². The highest BCUT2D eigenvalue weighted by molar-refractivity contribution is 7.18. The van der Waals surface area contributed by atoms with Crippen LogP contribution in [0.5, 0.6) is 0 Å². The first-order valence-corrected chi connectivity index (χ1v) is 10.7. The maximum Gasteiger partial charge on any atom is 0.146 e. The van der Waals surface area contributed by atoms with Gasteiger partial charge < -0.3 is 9.80 Å². The van der Waals surface area contributed by atoms with Gasteiger partial charge in [0, 0.05) is 24.0 Å². The van der Waals surface area contributed by atoms with E-state index in [2.05, 4.69) is 42.6 Å². The summed E-state index contributed by atoms with van der Waals surface area (Å²) in [5, 5.41) is 1.29. The summed E-state index contributed by atoms with van der Waals surface area (Å²) in [6.45, 7) is 9.88. The maximum atomic E-state index is 5.12. The number of aromatic nitrogens is 2. The molecule has 0 bridgehead atoms. The van der Waals surface area contributed by atoms with Crippen LogP contribution in [0.3, 0.4) is 0 Å². The Balaban J connectivity index is 1.72. The van der Waals surface area contributed by atoms with E-state index in [1.54, 1.807) is 0 Å². The van der Waals surface area contributed by atoms with Crippen LogP contribution in [0.4, 0.5) is 5.82 Å². The van der Waals surface area contributed by atoms with Crippen molar-refractivity contribution in [2.45, 2.75) is 52.1 Å². The van der Waals surface area contributed by atoms with Crippen LogP contribution in [0, 0.1) is 13.8 Å². The molecule has 0 saturated carbocycles. The van der Waals surface area contributed by atoms with Gasteiger partial charge in [-0.25, -0.2) is 9.97 Å². The molecule has 2 fully saturated rings. The molecule has 6 heteroatoms. The fourth-order valence-corrected chi connectivity index (χ4v) is 5.32. The van der Waals surface area contributed by atoms with Gasteiger partial charge in [-0.15, -0.1) is 11.3 Å². The molecule has 5 nitrogen and oxygen atoms in total. The molecule has 1 atom stereocenters. The third kappa shape index (κ3) is 3.47. The summed E-state index contributed by atoms with van der Waals surface area (Å²) in [7, 11) is 4.39. The summed E-state index contributed by atoms with van der Waals surface area (Å²) >= 11 is 1.83. The molecular formula is C20H31N5S. The van der Waals surface area contributed by atoms with Crippen LogP contribution in [0.1, 0.15) is 41.9 Å². The quantitative estimate of drug-likeness (QED) is 0.820. The van der Waals surface area contributed by atoms with Gasteiger partial charge in [-0.3, -0.25) is 4.90 Å². The summed E-state index contributed by atoms with van der Waals surface area (Å²) in [5.74, 6) is 2.18. The van der Waals surface area contributed by atoms with Crippen molar-refractivity contribution < 1.29 is 0 Å². The fraction of sp³-hybridized carbons (Fsp3) is 0.700. The van der Waals surface area contributed by atoms with Gasteiger partial charge in [0.2, 0.25) is 0 Å². The lowest BCUT2D eigenvalue weighted by atomic mass is 10.0. The smallest absolute Gasteiger partial charge is 0.146 e. The first-order valence-electron chi connectivity index (χ1n) is 9.93. The van der Waals surface area contributed by atoms with Crippen LogP contribution >= 0.6 is 11.3 Å². The minimum absolute atomic E-state index is 0.607. The van der Waals surface area contributed by atoms with Gasteiger partial charge in [0.15, 0.2) is 0 Å². The van der Waals surface area contributed by atoms with Crippen LogP contribution < -0.4 is 4.90 Å². The molecule has 0 aromatic carbocycles. The Labute approximate surface area is 161 Å². The summed E-state index contributed by atoms with van der Waals surface area (Å²) in [6, 6.07) is 0.607. The molecule has 2 aliphatic rings. The monoisotopic (exact) mass is 373 g/mol. The topological polar surface area (TPSA) is 35.5 Å². The molecule has 0 radical (unpaired) electrons. The lowest BCUT2D eigenvalue weighted by molar-refractivity contribution is 0.257. The number of piperidine rings is 1. The second kappa shape index (κ2) is 7.41. The molecule has 142 valence electrons. The SMILES string of the molecule is Cc1sc2nc(CN3CCCC3)nc(N3CCCC(N(C)C)C3)c2c1C. The molecule has 2 aliphatic heterocycles. The van der Waals surface area contributed by atoms with Gasteiger partial charge in [-0.2, -0.15) is 0 Å². The predicted molar refractivity (Wildman–Crippen MR) is 110 cm³/mol. The molecule has 0 aliphatic carbocycles. The number of likely N-dealkylation sites (N-methyl/N-ethyl adjacent to an activating group) is 1. The second-order valence-electron chi connectivity index (χ2n) is 8.12. The van der Waals surface area contributed by atoms with Gasteiger partial charge in [0.05, 0.1) is 11.9 Å². The van der Waals surface area contributed by atoms with Gasteiger partial charge in [-0.1, -0.05) is 0 Å². The summed E-state index contributed by atoms with van der Waals surface area (Å²) < 4.78 is 0. The lowest BCUT2D eigenvalue weighted by Gasteiger charge is -2.37. The van der Waals surface area contributed by atoms with E-state index in [-0.39, 0.29) is 0 Å². The van der Waals surface area contributed by atoms with E-state index >= 15 is 0 Å². The molecule has 2 aromatic heterocycles. The van der Waals surface area contributed by atoms with E-state index in [4.69, 9.17) is 9.97 Å². The zero-order valence-electron chi connectivity index (χ0n) is 16.6. The fourth-order valence-electron chi connectivity index (χ4n) is 4.28. The zero-order chi connectivity index (χ0) is 18.3. The Morgan fingerprint density at radius 2 is 1.85 bits per heavy atom. The van der Waals surface area contributed by atoms with Crippen LogP contribution in [0.25, 0.3) is 10.2 Å². The first-order chi connectivity index (χ1) is 12.5. The van der Waals surface area contributed by atoms with Crippen molar-refractivity contribution in [3.05, 3.63) is 16.3 Å². The number of rotatable bonds is 4. The van der Waals surface area contributed by atoms with Crippen molar-refractivity contribution >= 4 is 27.4 Å². The number of aryl methyl sites for hydroxylation is 2. The maximum absolute atomic E-state index is 5.12. The Bertz CT molecular complexity index is 778. The highest BCUT2D eigenvalue weighted by Gasteiger charge is 2.26. The minimum Gasteiger partial charge on any atom is -0.354 e. The number of fused-ring (bicyclic) bond motifs is 1. The summed E-state index contributed by atoms with van der Waals surface area (Å²) in [4.78, 5) is 20.0. The molecule has 2 saturated heterocycles. The molecule has 0 amide bonds. The van der Waals surface area contributed by atoms with Gasteiger partial charge in [0.1, 0.15) is 16.5 Å². The van der Waals surface area contributed by atoms with Crippen LogP contribution in [0.2, 0.25) is 0 Å². The average Bonchev–Trinajstić information content (AvgIpc) is 3.23. The average molecular weight is 374 g/mol. The third-order valence-electron chi connectivity index (χ3n) is 6.05. The van der Waals surface area contributed by atoms with Gasteiger partial charge >= 0.3 is 0 Å². The highest BCUT2D eigenvalue weighted by atomic mass is 32.1. The molecule has 4 heterocycles. The van der Waals surface area contributed by atoms with Gasteiger partial charge in [0.25, 0.3) is 0 Å². The summed E-state index contributed by atoms with van der Waals surface area (Å²) in [5.41, 5.74) is 1.36. The third-order valence-corrected chi connectivity index (χ3v) is 7.15. The standard InChI is InChI=1S/C20H31N5S/c1-14-15(2)26-20-18(14)19(25-11-7-8-16(12-25)23(3)4)21-17(22-20)13-24-9-5-6-10-24/h16H,5-13H2,1-4H3.